The third-order valence-electron chi connectivity index (χ3n) is 3.54. The molecular formula is C18H20N2O4S. The van der Waals surface area contributed by atoms with E-state index >= 15 is 0 Å². The molecule has 6 nitrogen and oxygen atoms in total. The van der Waals surface area contributed by atoms with Crippen LogP contribution in [0.1, 0.15) is 21.6 Å². The van der Waals surface area contributed by atoms with Crippen molar-refractivity contribution in [2.45, 2.75) is 26.8 Å². The van der Waals surface area contributed by atoms with Crippen molar-refractivity contribution in [3.63, 3.8) is 0 Å². The first kappa shape index (κ1) is 18.7. The molecule has 0 atom stereocenters. The number of carbonyl (C=O) groups excluding carboxylic acids is 3. The van der Waals surface area contributed by atoms with Crippen LogP contribution in [-0.4, -0.2) is 24.5 Å². The molecule has 0 aliphatic heterocycles. The maximum atomic E-state index is 11.8. The van der Waals surface area contributed by atoms with Gasteiger partial charge in [0.2, 0.25) is 0 Å². The summed E-state index contributed by atoms with van der Waals surface area (Å²) < 4.78 is 4.90. The quantitative estimate of drug-likeness (QED) is 0.775. The Balaban J connectivity index is 1.68. The van der Waals surface area contributed by atoms with E-state index in [0.717, 1.165) is 21.6 Å². The first-order chi connectivity index (χ1) is 11.9. The number of thiophene rings is 1. The summed E-state index contributed by atoms with van der Waals surface area (Å²) in [5.41, 5.74) is 3.05. The lowest BCUT2D eigenvalue weighted by Crippen LogP contribution is -2.41. The molecular weight excluding hydrogens is 340 g/mol. The van der Waals surface area contributed by atoms with Crippen LogP contribution in [0.5, 0.6) is 0 Å². The molecule has 0 aliphatic carbocycles. The molecule has 2 aromatic rings. The van der Waals surface area contributed by atoms with E-state index in [1.165, 1.54) is 11.3 Å². The second kappa shape index (κ2) is 8.98. The van der Waals surface area contributed by atoms with Gasteiger partial charge in [-0.05, 0) is 42.0 Å². The van der Waals surface area contributed by atoms with Gasteiger partial charge in [-0.2, -0.15) is 0 Å². The number of hydrogen-bond donors (Lipinski definition) is 2. The lowest BCUT2D eigenvalue weighted by Gasteiger charge is -2.08. The molecule has 2 rings (SSSR count). The largest absolute Gasteiger partial charge is 0.455 e. The smallest absolute Gasteiger partial charge is 0.321 e. The fourth-order valence-corrected chi connectivity index (χ4v) is 2.71. The fourth-order valence-electron chi connectivity index (χ4n) is 2.06. The van der Waals surface area contributed by atoms with Crippen molar-refractivity contribution in [2.75, 3.05) is 6.61 Å². The van der Waals surface area contributed by atoms with Crippen LogP contribution in [0, 0.1) is 13.8 Å². The SMILES string of the molecule is Cc1ccc(CC(=O)OCC(=O)NC(=O)NCc2cccs2)cc1C. The highest BCUT2D eigenvalue weighted by Gasteiger charge is 2.12. The number of aryl methyl sites for hydroxylation is 2. The van der Waals surface area contributed by atoms with E-state index in [0.29, 0.717) is 6.54 Å². The number of hydrogen-bond acceptors (Lipinski definition) is 5. The molecule has 0 spiro atoms. The van der Waals surface area contributed by atoms with Crippen LogP contribution < -0.4 is 10.6 Å². The molecule has 0 aliphatic rings. The van der Waals surface area contributed by atoms with Crippen molar-refractivity contribution in [3.8, 4) is 0 Å². The molecule has 0 saturated heterocycles. The molecule has 0 bridgehead atoms. The molecule has 0 unspecified atom stereocenters. The minimum absolute atomic E-state index is 0.0823. The molecule has 3 amide bonds. The van der Waals surface area contributed by atoms with Crippen molar-refractivity contribution in [2.24, 2.45) is 0 Å². The summed E-state index contributed by atoms with van der Waals surface area (Å²) in [5.74, 6) is -1.19. The van der Waals surface area contributed by atoms with E-state index in [4.69, 9.17) is 4.74 Å². The number of amides is 3. The van der Waals surface area contributed by atoms with Gasteiger partial charge < -0.3 is 10.1 Å². The van der Waals surface area contributed by atoms with Crippen LogP contribution in [0.25, 0.3) is 0 Å². The Morgan fingerprint density at radius 1 is 1.12 bits per heavy atom. The standard InChI is InChI=1S/C18H20N2O4S/c1-12-5-6-14(8-13(12)2)9-17(22)24-11-16(21)20-18(23)19-10-15-4-3-7-25-15/h3-8H,9-11H2,1-2H3,(H2,19,20,21,23). The zero-order valence-corrected chi connectivity index (χ0v) is 14.9. The molecule has 0 fully saturated rings. The van der Waals surface area contributed by atoms with Gasteiger partial charge in [0.05, 0.1) is 13.0 Å². The van der Waals surface area contributed by atoms with Crippen LogP contribution >= 0.6 is 11.3 Å². The number of esters is 1. The first-order valence-corrected chi connectivity index (χ1v) is 8.64. The molecule has 7 heteroatoms. The minimum Gasteiger partial charge on any atom is -0.455 e. The van der Waals surface area contributed by atoms with Crippen molar-refractivity contribution in [1.29, 1.82) is 0 Å². The van der Waals surface area contributed by atoms with Gasteiger partial charge >= 0.3 is 12.0 Å². The van der Waals surface area contributed by atoms with Gasteiger partial charge in [-0.15, -0.1) is 11.3 Å². The Morgan fingerprint density at radius 3 is 2.60 bits per heavy atom. The summed E-state index contributed by atoms with van der Waals surface area (Å²) in [7, 11) is 0. The van der Waals surface area contributed by atoms with Crippen molar-refractivity contribution in [3.05, 3.63) is 57.3 Å². The maximum Gasteiger partial charge on any atom is 0.321 e. The molecule has 1 aromatic heterocycles. The zero-order valence-electron chi connectivity index (χ0n) is 14.1. The third-order valence-corrected chi connectivity index (χ3v) is 4.42. The molecule has 25 heavy (non-hydrogen) atoms. The van der Waals surface area contributed by atoms with Gasteiger partial charge in [0.25, 0.3) is 5.91 Å². The Hall–Kier alpha value is -2.67. The maximum absolute atomic E-state index is 11.8. The Kier molecular flexibility index (Phi) is 6.71. The molecule has 1 heterocycles. The van der Waals surface area contributed by atoms with Crippen molar-refractivity contribution < 1.29 is 19.1 Å². The van der Waals surface area contributed by atoms with Crippen molar-refractivity contribution >= 4 is 29.2 Å². The summed E-state index contributed by atoms with van der Waals surface area (Å²) in [6.45, 7) is 3.80. The van der Waals surface area contributed by atoms with E-state index in [9.17, 15) is 14.4 Å². The Bertz CT molecular complexity index is 756. The predicted molar refractivity (Wildman–Crippen MR) is 95.3 cm³/mol. The van der Waals surface area contributed by atoms with Crippen molar-refractivity contribution in [1.82, 2.24) is 10.6 Å². The molecule has 0 radical (unpaired) electrons. The van der Waals surface area contributed by atoms with E-state index in [2.05, 4.69) is 10.6 Å². The monoisotopic (exact) mass is 360 g/mol. The van der Waals surface area contributed by atoms with Crippen LogP contribution in [0.2, 0.25) is 0 Å². The summed E-state index contributed by atoms with van der Waals surface area (Å²) in [6.07, 6.45) is 0.0823. The second-order valence-corrected chi connectivity index (χ2v) is 6.60. The second-order valence-electron chi connectivity index (χ2n) is 5.57. The number of ether oxygens (including phenoxy) is 1. The van der Waals surface area contributed by atoms with Crippen LogP contribution in [0.3, 0.4) is 0 Å². The summed E-state index contributed by atoms with van der Waals surface area (Å²) in [6, 6.07) is 8.82. The molecule has 132 valence electrons. The van der Waals surface area contributed by atoms with E-state index in [1.807, 2.05) is 49.6 Å². The number of nitrogens with one attached hydrogen (secondary N) is 2. The summed E-state index contributed by atoms with van der Waals surface area (Å²) in [5, 5.41) is 6.57. The number of urea groups is 1. The Morgan fingerprint density at radius 2 is 1.92 bits per heavy atom. The summed E-state index contributed by atoms with van der Waals surface area (Å²) >= 11 is 1.50. The van der Waals surface area contributed by atoms with Crippen LogP contribution in [0.15, 0.2) is 35.7 Å². The summed E-state index contributed by atoms with van der Waals surface area (Å²) in [4.78, 5) is 36.0. The first-order valence-electron chi connectivity index (χ1n) is 7.76. The van der Waals surface area contributed by atoms with Crippen LogP contribution in [0.4, 0.5) is 4.79 Å². The average Bonchev–Trinajstić information content (AvgIpc) is 3.08. The normalized spacial score (nSPS) is 10.2. The highest BCUT2D eigenvalue weighted by molar-refractivity contribution is 7.09. The van der Waals surface area contributed by atoms with Gasteiger partial charge in [0.1, 0.15) is 0 Å². The molecule has 0 saturated carbocycles. The van der Waals surface area contributed by atoms with Crippen LogP contribution in [-0.2, 0) is 27.3 Å². The van der Waals surface area contributed by atoms with E-state index in [1.54, 1.807) is 0 Å². The van der Waals surface area contributed by atoms with Gasteiger partial charge in [0.15, 0.2) is 6.61 Å². The topological polar surface area (TPSA) is 84.5 Å². The third kappa shape index (κ3) is 6.39. The molecule has 2 N–H and O–H groups in total. The Labute approximate surface area is 150 Å². The minimum atomic E-state index is -0.669. The highest BCUT2D eigenvalue weighted by Crippen LogP contribution is 2.10. The predicted octanol–water partition coefficient (Wildman–Crippen LogP) is 2.48. The highest BCUT2D eigenvalue weighted by atomic mass is 32.1. The van der Waals surface area contributed by atoms with Gasteiger partial charge in [-0.25, -0.2) is 4.79 Å². The lowest BCUT2D eigenvalue weighted by molar-refractivity contribution is -0.147. The lowest BCUT2D eigenvalue weighted by atomic mass is 10.0. The van der Waals surface area contributed by atoms with Gasteiger partial charge in [0, 0.05) is 4.88 Å². The van der Waals surface area contributed by atoms with E-state index < -0.39 is 24.5 Å². The number of carbonyl (C=O) groups is 3. The van der Waals surface area contributed by atoms with Gasteiger partial charge in [-0.1, -0.05) is 24.3 Å². The number of rotatable bonds is 6. The van der Waals surface area contributed by atoms with Gasteiger partial charge in [-0.3, -0.25) is 14.9 Å². The number of imide groups is 1. The fraction of sp³-hybridized carbons (Fsp3) is 0.278. The van der Waals surface area contributed by atoms with E-state index in [-0.39, 0.29) is 6.42 Å². The molecule has 1 aromatic carbocycles. The zero-order chi connectivity index (χ0) is 18.2. The number of benzene rings is 1. The average molecular weight is 360 g/mol.